The van der Waals surface area contributed by atoms with Crippen LogP contribution in [0.2, 0.25) is 0 Å². The van der Waals surface area contributed by atoms with Gasteiger partial charge in [0.1, 0.15) is 5.82 Å². The number of nitrogens with zero attached hydrogens (tertiary/aromatic N) is 2. The van der Waals surface area contributed by atoms with Gasteiger partial charge in [0.15, 0.2) is 0 Å². The zero-order chi connectivity index (χ0) is 11.1. The minimum atomic E-state index is -0.276. The molecule has 1 aromatic rings. The third-order valence-electron chi connectivity index (χ3n) is 2.29. The minimum Gasteiger partial charge on any atom is -0.330 e. The normalized spacial score (nSPS) is 10.9. The Bertz CT molecular complexity index is 291. The molecule has 0 saturated heterocycles. The van der Waals surface area contributed by atoms with E-state index in [0.29, 0.717) is 6.54 Å². The average Bonchev–Trinajstić information content (AvgIpc) is 2.24. The smallest absolute Gasteiger partial charge is 0.141 e. The molecule has 15 heavy (non-hydrogen) atoms. The van der Waals surface area contributed by atoms with Crippen molar-refractivity contribution in [2.45, 2.75) is 19.9 Å². The van der Waals surface area contributed by atoms with E-state index in [9.17, 15) is 4.39 Å². The molecule has 0 bridgehead atoms. The molecule has 0 aliphatic heterocycles. The first-order chi connectivity index (χ1) is 7.26. The van der Waals surface area contributed by atoms with Crippen molar-refractivity contribution < 1.29 is 4.39 Å². The Morgan fingerprint density at radius 1 is 1.47 bits per heavy atom. The highest BCUT2D eigenvalue weighted by atomic mass is 19.1. The second-order valence-electron chi connectivity index (χ2n) is 3.52. The second kappa shape index (κ2) is 6.48. The van der Waals surface area contributed by atoms with E-state index in [1.165, 1.54) is 12.3 Å². The Morgan fingerprint density at radius 3 is 2.87 bits per heavy atom. The third kappa shape index (κ3) is 4.36. The van der Waals surface area contributed by atoms with Crippen LogP contribution in [-0.2, 0) is 6.54 Å². The van der Waals surface area contributed by atoms with Crippen molar-refractivity contribution in [2.75, 3.05) is 19.6 Å². The highest BCUT2D eigenvalue weighted by Gasteiger charge is 2.03. The first kappa shape index (κ1) is 12.1. The number of pyridine rings is 1. The summed E-state index contributed by atoms with van der Waals surface area (Å²) in [5.41, 5.74) is 6.36. The molecular weight excluding hydrogens is 193 g/mol. The molecule has 0 aliphatic carbocycles. The molecule has 1 aromatic heterocycles. The fourth-order valence-electron chi connectivity index (χ4n) is 1.46. The lowest BCUT2D eigenvalue weighted by molar-refractivity contribution is 0.277. The summed E-state index contributed by atoms with van der Waals surface area (Å²) in [7, 11) is 0. The maximum absolute atomic E-state index is 12.9. The fourth-order valence-corrected chi connectivity index (χ4v) is 1.46. The molecule has 1 heterocycles. The van der Waals surface area contributed by atoms with Gasteiger partial charge in [-0.1, -0.05) is 6.92 Å². The van der Waals surface area contributed by atoms with Gasteiger partial charge in [-0.3, -0.25) is 9.88 Å². The van der Waals surface area contributed by atoms with Crippen molar-refractivity contribution in [3.8, 4) is 0 Å². The van der Waals surface area contributed by atoms with Crippen molar-refractivity contribution >= 4 is 0 Å². The third-order valence-corrected chi connectivity index (χ3v) is 2.29. The number of nitrogens with two attached hydrogens (primary N) is 1. The van der Waals surface area contributed by atoms with Crippen molar-refractivity contribution in [3.05, 3.63) is 29.8 Å². The molecule has 0 fully saturated rings. The Hall–Kier alpha value is -1.00. The SMILES string of the molecule is CCN(CCCN)Cc1cncc(F)c1. The molecule has 0 saturated carbocycles. The van der Waals surface area contributed by atoms with Crippen molar-refractivity contribution in [1.29, 1.82) is 0 Å². The Kier molecular flexibility index (Phi) is 5.21. The highest BCUT2D eigenvalue weighted by molar-refractivity contribution is 5.09. The predicted molar refractivity (Wildman–Crippen MR) is 58.8 cm³/mol. The van der Waals surface area contributed by atoms with Gasteiger partial charge < -0.3 is 5.73 Å². The lowest BCUT2D eigenvalue weighted by Crippen LogP contribution is -2.25. The molecule has 0 spiro atoms. The van der Waals surface area contributed by atoms with Gasteiger partial charge in [0.2, 0.25) is 0 Å². The molecule has 0 unspecified atom stereocenters. The number of halogens is 1. The van der Waals surface area contributed by atoms with E-state index < -0.39 is 0 Å². The summed E-state index contributed by atoms with van der Waals surface area (Å²) in [4.78, 5) is 6.05. The Morgan fingerprint density at radius 2 is 2.27 bits per heavy atom. The predicted octanol–water partition coefficient (Wildman–Crippen LogP) is 1.39. The van der Waals surface area contributed by atoms with Gasteiger partial charge in [-0.15, -0.1) is 0 Å². The van der Waals surface area contributed by atoms with Gasteiger partial charge in [0.05, 0.1) is 6.20 Å². The van der Waals surface area contributed by atoms with E-state index in [-0.39, 0.29) is 5.82 Å². The topological polar surface area (TPSA) is 42.1 Å². The second-order valence-corrected chi connectivity index (χ2v) is 3.52. The van der Waals surface area contributed by atoms with Crippen LogP contribution in [0.3, 0.4) is 0 Å². The van der Waals surface area contributed by atoms with Crippen LogP contribution < -0.4 is 5.73 Å². The van der Waals surface area contributed by atoms with Crippen LogP contribution in [0.25, 0.3) is 0 Å². The van der Waals surface area contributed by atoms with Crippen LogP contribution in [0.4, 0.5) is 4.39 Å². The molecule has 3 nitrogen and oxygen atoms in total. The lowest BCUT2D eigenvalue weighted by Gasteiger charge is -2.19. The summed E-state index contributed by atoms with van der Waals surface area (Å²) in [6, 6.07) is 1.53. The van der Waals surface area contributed by atoms with E-state index in [0.717, 1.165) is 31.6 Å². The summed E-state index contributed by atoms with van der Waals surface area (Å²) in [5.74, 6) is -0.276. The van der Waals surface area contributed by atoms with Crippen LogP contribution in [0.1, 0.15) is 18.9 Å². The molecule has 84 valence electrons. The molecule has 0 aromatic carbocycles. The van der Waals surface area contributed by atoms with E-state index in [4.69, 9.17) is 5.73 Å². The highest BCUT2D eigenvalue weighted by Crippen LogP contribution is 2.05. The van der Waals surface area contributed by atoms with Gasteiger partial charge >= 0.3 is 0 Å². The first-order valence-corrected chi connectivity index (χ1v) is 5.28. The average molecular weight is 211 g/mol. The molecule has 2 N–H and O–H groups in total. The first-order valence-electron chi connectivity index (χ1n) is 5.28. The molecule has 0 aliphatic rings. The van der Waals surface area contributed by atoms with E-state index in [2.05, 4.69) is 16.8 Å². The van der Waals surface area contributed by atoms with Gasteiger partial charge in [0.25, 0.3) is 0 Å². The number of hydrogen-bond donors (Lipinski definition) is 1. The zero-order valence-electron chi connectivity index (χ0n) is 9.12. The summed E-state index contributed by atoms with van der Waals surface area (Å²) < 4.78 is 12.9. The van der Waals surface area contributed by atoms with Crippen molar-refractivity contribution in [3.63, 3.8) is 0 Å². The number of rotatable bonds is 6. The van der Waals surface area contributed by atoms with Crippen LogP contribution in [0.15, 0.2) is 18.5 Å². The monoisotopic (exact) mass is 211 g/mol. The molecule has 4 heteroatoms. The summed E-state index contributed by atoms with van der Waals surface area (Å²) >= 11 is 0. The Labute approximate surface area is 90.1 Å². The maximum atomic E-state index is 12.9. The van der Waals surface area contributed by atoms with Gasteiger partial charge in [-0.05, 0) is 37.7 Å². The van der Waals surface area contributed by atoms with Crippen LogP contribution >= 0.6 is 0 Å². The quantitative estimate of drug-likeness (QED) is 0.773. The maximum Gasteiger partial charge on any atom is 0.141 e. The number of hydrogen-bond acceptors (Lipinski definition) is 3. The van der Waals surface area contributed by atoms with E-state index in [1.54, 1.807) is 6.20 Å². The van der Waals surface area contributed by atoms with Crippen LogP contribution in [0.5, 0.6) is 0 Å². The molecule has 0 radical (unpaired) electrons. The molecule has 1 rings (SSSR count). The zero-order valence-corrected chi connectivity index (χ0v) is 9.12. The van der Waals surface area contributed by atoms with Crippen LogP contribution in [-0.4, -0.2) is 29.5 Å². The summed E-state index contributed by atoms with van der Waals surface area (Å²) in [5, 5.41) is 0. The van der Waals surface area contributed by atoms with Gasteiger partial charge in [0, 0.05) is 12.7 Å². The minimum absolute atomic E-state index is 0.276. The lowest BCUT2D eigenvalue weighted by atomic mass is 10.2. The van der Waals surface area contributed by atoms with Crippen LogP contribution in [0, 0.1) is 5.82 Å². The molecule has 0 atom stereocenters. The van der Waals surface area contributed by atoms with Crippen molar-refractivity contribution in [2.24, 2.45) is 5.73 Å². The molecular formula is C11H18FN3. The van der Waals surface area contributed by atoms with Gasteiger partial charge in [-0.2, -0.15) is 0 Å². The largest absolute Gasteiger partial charge is 0.330 e. The van der Waals surface area contributed by atoms with E-state index in [1.807, 2.05) is 0 Å². The number of aromatic nitrogens is 1. The fraction of sp³-hybridized carbons (Fsp3) is 0.545. The summed E-state index contributed by atoms with van der Waals surface area (Å²) in [6.45, 7) is 5.41. The van der Waals surface area contributed by atoms with Crippen molar-refractivity contribution in [1.82, 2.24) is 9.88 Å². The Balaban J connectivity index is 2.50. The van der Waals surface area contributed by atoms with Gasteiger partial charge in [-0.25, -0.2) is 4.39 Å². The molecule has 0 amide bonds. The van der Waals surface area contributed by atoms with E-state index >= 15 is 0 Å². The summed E-state index contributed by atoms with van der Waals surface area (Å²) in [6.07, 6.45) is 3.89. The standard InChI is InChI=1S/C11H18FN3/c1-2-15(5-3-4-13)9-10-6-11(12)8-14-7-10/h6-8H,2-5,9,13H2,1H3.